The molecule has 1 aromatic carbocycles. The van der Waals surface area contributed by atoms with Crippen LogP contribution in [0.1, 0.15) is 54.9 Å². The van der Waals surface area contributed by atoms with E-state index in [9.17, 15) is 14.7 Å². The van der Waals surface area contributed by atoms with E-state index >= 15 is 0 Å². The first-order valence-electron chi connectivity index (χ1n) is 9.07. The lowest BCUT2D eigenvalue weighted by atomic mass is 10.1. The molecular formula is C21H27NO6. The molecule has 0 atom stereocenters. The van der Waals surface area contributed by atoms with Crippen molar-refractivity contribution in [3.8, 4) is 17.2 Å². The maximum atomic E-state index is 12.2. The lowest BCUT2D eigenvalue weighted by Crippen LogP contribution is -2.23. The van der Waals surface area contributed by atoms with Crippen molar-refractivity contribution in [3.05, 3.63) is 50.9 Å². The Labute approximate surface area is 164 Å². The van der Waals surface area contributed by atoms with E-state index in [1.165, 1.54) is 6.92 Å². The van der Waals surface area contributed by atoms with Crippen molar-refractivity contribution in [2.75, 3.05) is 6.61 Å². The Morgan fingerprint density at radius 2 is 1.86 bits per heavy atom. The number of aryl methyl sites for hydroxylation is 2. The number of benzene rings is 1. The van der Waals surface area contributed by atoms with Gasteiger partial charge in [-0.25, -0.2) is 4.79 Å². The molecule has 0 saturated carbocycles. The van der Waals surface area contributed by atoms with Gasteiger partial charge in [0.15, 0.2) is 5.75 Å². The monoisotopic (exact) mass is 389 g/mol. The Bertz CT molecular complexity index is 924. The van der Waals surface area contributed by atoms with Crippen LogP contribution < -0.4 is 15.0 Å². The van der Waals surface area contributed by atoms with E-state index < -0.39 is 17.3 Å². The van der Waals surface area contributed by atoms with Crippen molar-refractivity contribution < 1.29 is 24.1 Å². The number of rotatable bonds is 6. The molecule has 7 heteroatoms. The summed E-state index contributed by atoms with van der Waals surface area (Å²) in [5, 5.41) is 10.4. The smallest absolute Gasteiger partial charge is 0.343 e. The number of ether oxygens (including phenoxy) is 3. The van der Waals surface area contributed by atoms with Crippen LogP contribution in [-0.4, -0.2) is 28.3 Å². The molecule has 0 radical (unpaired) electrons. The third-order valence-electron chi connectivity index (χ3n) is 3.73. The van der Waals surface area contributed by atoms with Crippen LogP contribution in [0.3, 0.4) is 0 Å². The SMILES string of the molecule is CCOC(=O)c1c(C)[nH]c(=O)c(OCc2cc(C)cc(OC(C)(C)C)c2)c1O. The molecular weight excluding hydrogens is 362 g/mol. The normalized spacial score (nSPS) is 11.2. The highest BCUT2D eigenvalue weighted by Crippen LogP contribution is 2.29. The Morgan fingerprint density at radius 3 is 2.46 bits per heavy atom. The molecule has 0 aliphatic heterocycles. The molecule has 0 amide bonds. The van der Waals surface area contributed by atoms with Crippen LogP contribution in [0.25, 0.3) is 0 Å². The summed E-state index contributed by atoms with van der Waals surface area (Å²) in [7, 11) is 0. The number of hydrogen-bond acceptors (Lipinski definition) is 6. The first kappa shape index (κ1) is 21.3. The van der Waals surface area contributed by atoms with Gasteiger partial charge in [0.2, 0.25) is 5.75 Å². The zero-order valence-electron chi connectivity index (χ0n) is 17.1. The van der Waals surface area contributed by atoms with Gasteiger partial charge < -0.3 is 24.3 Å². The molecule has 2 N–H and O–H groups in total. The van der Waals surface area contributed by atoms with E-state index in [1.54, 1.807) is 6.92 Å². The van der Waals surface area contributed by atoms with Crippen LogP contribution in [0.15, 0.2) is 23.0 Å². The van der Waals surface area contributed by atoms with Gasteiger partial charge in [-0.1, -0.05) is 6.07 Å². The third-order valence-corrected chi connectivity index (χ3v) is 3.73. The quantitative estimate of drug-likeness (QED) is 0.732. The molecule has 2 rings (SSSR count). The van der Waals surface area contributed by atoms with Crippen LogP contribution in [0.5, 0.6) is 17.2 Å². The van der Waals surface area contributed by atoms with E-state index in [4.69, 9.17) is 14.2 Å². The van der Waals surface area contributed by atoms with Gasteiger partial charge >= 0.3 is 5.97 Å². The fourth-order valence-electron chi connectivity index (χ4n) is 2.75. The predicted octanol–water partition coefficient (Wildman–Crippen LogP) is 3.63. The van der Waals surface area contributed by atoms with Crippen molar-refractivity contribution in [2.45, 2.75) is 53.8 Å². The van der Waals surface area contributed by atoms with Crippen LogP contribution >= 0.6 is 0 Å². The van der Waals surface area contributed by atoms with E-state index in [0.717, 1.165) is 11.1 Å². The van der Waals surface area contributed by atoms with E-state index in [-0.39, 0.29) is 35.8 Å². The largest absolute Gasteiger partial charge is 0.503 e. The number of aromatic nitrogens is 1. The van der Waals surface area contributed by atoms with Crippen molar-refractivity contribution in [3.63, 3.8) is 0 Å². The number of pyridine rings is 1. The van der Waals surface area contributed by atoms with Gasteiger partial charge in [0, 0.05) is 5.69 Å². The summed E-state index contributed by atoms with van der Waals surface area (Å²) in [5.41, 5.74) is 0.849. The number of carbonyl (C=O) groups is 1. The fourth-order valence-corrected chi connectivity index (χ4v) is 2.75. The second-order valence-electron chi connectivity index (χ2n) is 7.51. The third kappa shape index (κ3) is 5.28. The Hall–Kier alpha value is -2.96. The average molecular weight is 389 g/mol. The lowest BCUT2D eigenvalue weighted by molar-refractivity contribution is 0.0520. The maximum Gasteiger partial charge on any atom is 0.343 e. The van der Waals surface area contributed by atoms with Gasteiger partial charge in [0.25, 0.3) is 5.56 Å². The Balaban J connectivity index is 2.31. The summed E-state index contributed by atoms with van der Waals surface area (Å²) in [6, 6.07) is 5.61. The standard InChI is InChI=1S/C21H27NO6/c1-7-26-20(25)16-13(3)22-19(24)18(17(16)23)27-11-14-8-12(2)9-15(10-14)28-21(4,5)6/h8-10H,7,11H2,1-6H3,(H2,22,23,24). The first-order chi connectivity index (χ1) is 13.0. The van der Waals surface area contributed by atoms with E-state index in [0.29, 0.717) is 5.75 Å². The summed E-state index contributed by atoms with van der Waals surface area (Å²) >= 11 is 0. The molecule has 0 aliphatic rings. The molecule has 152 valence electrons. The molecule has 0 fully saturated rings. The Morgan fingerprint density at radius 1 is 1.18 bits per heavy atom. The van der Waals surface area contributed by atoms with Crippen LogP contribution in [0.4, 0.5) is 0 Å². The topological polar surface area (TPSA) is 97.9 Å². The summed E-state index contributed by atoms with van der Waals surface area (Å²) in [6.07, 6.45) is 0. The van der Waals surface area contributed by atoms with Crippen LogP contribution in [0, 0.1) is 13.8 Å². The average Bonchev–Trinajstić information content (AvgIpc) is 2.52. The molecule has 0 aliphatic carbocycles. The predicted molar refractivity (Wildman–Crippen MR) is 105 cm³/mol. The summed E-state index contributed by atoms with van der Waals surface area (Å²) < 4.78 is 16.4. The number of hydrogen-bond donors (Lipinski definition) is 2. The summed E-state index contributed by atoms with van der Waals surface area (Å²) in [6.45, 7) is 11.1. The highest BCUT2D eigenvalue weighted by molar-refractivity contribution is 5.94. The fraction of sp³-hybridized carbons (Fsp3) is 0.429. The minimum Gasteiger partial charge on any atom is -0.503 e. The zero-order chi connectivity index (χ0) is 21.1. The minimum absolute atomic E-state index is 0.0180. The zero-order valence-corrected chi connectivity index (χ0v) is 17.1. The number of nitrogens with one attached hydrogen (secondary N) is 1. The van der Waals surface area contributed by atoms with Gasteiger partial charge in [-0.3, -0.25) is 4.79 Å². The number of H-pyrrole nitrogens is 1. The molecule has 2 aromatic rings. The van der Waals surface area contributed by atoms with Crippen molar-refractivity contribution in [1.29, 1.82) is 0 Å². The molecule has 0 unspecified atom stereocenters. The van der Waals surface area contributed by atoms with Crippen molar-refractivity contribution >= 4 is 5.97 Å². The molecule has 28 heavy (non-hydrogen) atoms. The number of aromatic amines is 1. The number of aromatic hydroxyl groups is 1. The number of esters is 1. The van der Waals surface area contributed by atoms with Gasteiger partial charge in [-0.05, 0) is 64.8 Å². The maximum absolute atomic E-state index is 12.2. The highest BCUT2D eigenvalue weighted by Gasteiger charge is 2.23. The summed E-state index contributed by atoms with van der Waals surface area (Å²) in [5.74, 6) is -0.901. The molecule has 1 aromatic heterocycles. The van der Waals surface area contributed by atoms with Gasteiger partial charge in [0.1, 0.15) is 23.5 Å². The van der Waals surface area contributed by atoms with Gasteiger partial charge in [-0.15, -0.1) is 0 Å². The van der Waals surface area contributed by atoms with Gasteiger partial charge in [0.05, 0.1) is 6.61 Å². The molecule has 0 spiro atoms. The lowest BCUT2D eigenvalue weighted by Gasteiger charge is -2.22. The molecule has 1 heterocycles. The summed E-state index contributed by atoms with van der Waals surface area (Å²) in [4.78, 5) is 26.8. The molecule has 0 saturated heterocycles. The minimum atomic E-state index is -0.727. The van der Waals surface area contributed by atoms with E-state index in [2.05, 4.69) is 4.98 Å². The Kier molecular flexibility index (Phi) is 6.38. The second kappa shape index (κ2) is 8.37. The molecule has 0 bridgehead atoms. The van der Waals surface area contributed by atoms with Crippen LogP contribution in [0.2, 0.25) is 0 Å². The molecule has 7 nitrogen and oxygen atoms in total. The number of carbonyl (C=O) groups excluding carboxylic acids is 1. The highest BCUT2D eigenvalue weighted by atomic mass is 16.5. The van der Waals surface area contributed by atoms with Crippen molar-refractivity contribution in [2.24, 2.45) is 0 Å². The van der Waals surface area contributed by atoms with E-state index in [1.807, 2.05) is 45.9 Å². The van der Waals surface area contributed by atoms with Crippen molar-refractivity contribution in [1.82, 2.24) is 4.98 Å². The van der Waals surface area contributed by atoms with Gasteiger partial charge in [-0.2, -0.15) is 0 Å². The second-order valence-corrected chi connectivity index (χ2v) is 7.51. The first-order valence-corrected chi connectivity index (χ1v) is 9.07. The van der Waals surface area contributed by atoms with Crippen LogP contribution in [-0.2, 0) is 11.3 Å².